The molecule has 4 fully saturated rings. The Balaban J connectivity index is 0.000000195. The van der Waals surface area contributed by atoms with E-state index in [9.17, 15) is 39.6 Å². The van der Waals surface area contributed by atoms with Crippen LogP contribution in [0, 0.1) is 11.6 Å². The number of fused-ring (bicyclic) bond motifs is 2. The molecule has 4 heterocycles. The number of carbonyl (C=O) groups is 2. The van der Waals surface area contributed by atoms with Gasteiger partial charge in [-0.1, -0.05) is 0 Å². The molecule has 8 rings (SSSR count). The Morgan fingerprint density at radius 1 is 0.661 bits per heavy atom. The molecule has 0 bridgehead atoms. The van der Waals surface area contributed by atoms with Crippen LogP contribution in [0.15, 0.2) is 34.1 Å². The van der Waals surface area contributed by atoms with Crippen LogP contribution in [0.1, 0.15) is 58.5 Å². The number of hydrogen-bond acceptors (Lipinski definition) is 12. The minimum atomic E-state index is -1.34. The fraction of sp³-hybridized carbons (Fsp3) is 0.500. The van der Waals surface area contributed by atoms with E-state index in [1.54, 1.807) is 18.9 Å². The van der Waals surface area contributed by atoms with Crippen molar-refractivity contribution < 1.29 is 53.7 Å². The standard InChI is InChI=1S/2C20H24FN3O5.H2O/c2*1-22(2)14-8-23(9-15(14)25)17-13(21)6-11-16(19(17)29-3)24(10-4-5-10)7-12(18(11)26)20(27)28;/h2*6-7,10,14-15,25H,4-5,8-9H2,1-3H3,(H,27,28);1H2. The van der Waals surface area contributed by atoms with Gasteiger partial charge in [0.25, 0.3) is 0 Å². The molecule has 0 spiro atoms. The first-order chi connectivity index (χ1) is 27.5. The molecule has 0 amide bonds. The predicted molar refractivity (Wildman–Crippen MR) is 215 cm³/mol. The second-order valence-corrected chi connectivity index (χ2v) is 15.9. The third-order valence-electron chi connectivity index (χ3n) is 11.6. The Morgan fingerprint density at radius 2 is 1.00 bits per heavy atom. The number of halogens is 2. The second-order valence-electron chi connectivity index (χ2n) is 15.9. The number of hydrogen-bond donors (Lipinski definition) is 4. The van der Waals surface area contributed by atoms with Gasteiger partial charge in [-0.25, -0.2) is 18.4 Å². The predicted octanol–water partition coefficient (Wildman–Crippen LogP) is 1.76. The van der Waals surface area contributed by atoms with Crippen LogP contribution in [0.25, 0.3) is 21.8 Å². The topological polar surface area (TPSA) is 222 Å². The van der Waals surface area contributed by atoms with E-state index >= 15 is 8.78 Å². The fourth-order valence-corrected chi connectivity index (χ4v) is 8.37. The lowest BCUT2D eigenvalue weighted by Crippen LogP contribution is -2.38. The van der Waals surface area contributed by atoms with E-state index < -0.39 is 46.6 Å². The number of carboxylic acids is 2. The molecule has 4 unspecified atom stereocenters. The van der Waals surface area contributed by atoms with Gasteiger partial charge in [-0.05, 0) is 66.0 Å². The third-order valence-corrected chi connectivity index (χ3v) is 11.6. The molecule has 4 aromatic rings. The summed E-state index contributed by atoms with van der Waals surface area (Å²) in [6.07, 6.45) is 4.72. The molecule has 2 aliphatic heterocycles. The average molecular weight is 829 g/mol. The summed E-state index contributed by atoms with van der Waals surface area (Å²) < 4.78 is 45.0. The molecule has 4 atom stereocenters. The molecule has 19 heteroatoms. The molecule has 0 radical (unpaired) electrons. The monoisotopic (exact) mass is 828 g/mol. The van der Waals surface area contributed by atoms with Gasteiger partial charge in [-0.15, -0.1) is 0 Å². The van der Waals surface area contributed by atoms with E-state index in [1.165, 1.54) is 26.6 Å². The number of aliphatic hydroxyl groups is 2. The summed E-state index contributed by atoms with van der Waals surface area (Å²) in [4.78, 5) is 55.7. The summed E-state index contributed by atoms with van der Waals surface area (Å²) in [6, 6.07) is 1.93. The number of likely N-dealkylation sites (N-methyl/N-ethyl adjacent to an activating group) is 2. The van der Waals surface area contributed by atoms with Crippen molar-refractivity contribution >= 4 is 45.1 Å². The molecule has 2 aromatic carbocycles. The van der Waals surface area contributed by atoms with Crippen LogP contribution >= 0.6 is 0 Å². The molecule has 2 saturated heterocycles. The largest absolute Gasteiger partial charge is 0.492 e. The van der Waals surface area contributed by atoms with Crippen LogP contribution in [0.2, 0.25) is 0 Å². The van der Waals surface area contributed by atoms with Gasteiger partial charge in [0.2, 0.25) is 10.9 Å². The maximum Gasteiger partial charge on any atom is 0.341 e. The molecule has 59 heavy (non-hydrogen) atoms. The Morgan fingerprint density at radius 3 is 1.25 bits per heavy atom. The first-order valence-electron chi connectivity index (χ1n) is 19.0. The van der Waals surface area contributed by atoms with E-state index in [0.717, 1.165) is 37.8 Å². The summed E-state index contributed by atoms with van der Waals surface area (Å²) in [5.74, 6) is -3.66. The molecule has 2 saturated carbocycles. The average Bonchev–Trinajstić information content (AvgIpc) is 4.10. The van der Waals surface area contributed by atoms with Crippen molar-refractivity contribution in [1.29, 1.82) is 0 Å². The number of nitrogens with zero attached hydrogens (tertiary/aromatic N) is 6. The van der Waals surface area contributed by atoms with Gasteiger partial charge >= 0.3 is 11.9 Å². The van der Waals surface area contributed by atoms with Gasteiger partial charge in [0, 0.05) is 50.7 Å². The highest BCUT2D eigenvalue weighted by Gasteiger charge is 2.39. The summed E-state index contributed by atoms with van der Waals surface area (Å²) >= 11 is 0. The number of methoxy groups -OCH3 is 2. The van der Waals surface area contributed by atoms with Crippen LogP contribution in [0.4, 0.5) is 20.2 Å². The lowest BCUT2D eigenvalue weighted by atomic mass is 10.1. The Bertz CT molecular complexity index is 2260. The number of anilines is 2. The number of aliphatic hydroxyl groups excluding tert-OH is 2. The molecule has 2 aliphatic carbocycles. The second kappa shape index (κ2) is 16.4. The quantitative estimate of drug-likeness (QED) is 0.179. The van der Waals surface area contributed by atoms with Gasteiger partial charge in [-0.2, -0.15) is 0 Å². The van der Waals surface area contributed by atoms with E-state index in [2.05, 4.69) is 0 Å². The Labute approximate surface area is 337 Å². The first kappa shape index (κ1) is 43.2. The van der Waals surface area contributed by atoms with Crippen LogP contribution in [0.3, 0.4) is 0 Å². The van der Waals surface area contributed by atoms with Crippen molar-refractivity contribution in [3.05, 3.63) is 67.7 Å². The number of pyridine rings is 2. The highest BCUT2D eigenvalue weighted by atomic mass is 19.1. The molecule has 320 valence electrons. The summed E-state index contributed by atoms with van der Waals surface area (Å²) in [5, 5.41) is 39.6. The molecule has 4 aliphatic rings. The number of carboxylic acid groups (broad SMARTS) is 2. The van der Waals surface area contributed by atoms with Crippen molar-refractivity contribution in [3.63, 3.8) is 0 Å². The van der Waals surface area contributed by atoms with Crippen LogP contribution in [-0.2, 0) is 0 Å². The SMILES string of the molecule is COc1c(N2CC(O)C(N(C)C)C2)c(F)cc2c(=O)c(C(=O)O)cn(C3CC3)c12.COc1c(N2CC(O)C(N(C)C)C2)c(F)cc2c(=O)c(C(=O)O)cn(C3CC3)c12.O. The van der Waals surface area contributed by atoms with E-state index in [1.807, 2.05) is 38.0 Å². The van der Waals surface area contributed by atoms with Crippen LogP contribution < -0.4 is 30.1 Å². The zero-order chi connectivity index (χ0) is 42.1. The number of aromatic carboxylic acids is 2. The maximum atomic E-state index is 15.2. The normalized spacial score (nSPS) is 21.6. The summed E-state index contributed by atoms with van der Waals surface area (Å²) in [6.45, 7) is 1.24. The number of β-amino-alcohol motifs (C(OH)–C–C–N with tert-alkyl or cyclic N) is 2. The van der Waals surface area contributed by atoms with E-state index in [4.69, 9.17) is 9.47 Å². The Kier molecular flexibility index (Phi) is 12.0. The number of ether oxygens (including phenoxy) is 2. The zero-order valence-electron chi connectivity index (χ0n) is 33.6. The summed E-state index contributed by atoms with van der Waals surface area (Å²) in [7, 11) is 10.2. The third kappa shape index (κ3) is 7.68. The lowest BCUT2D eigenvalue weighted by molar-refractivity contribution is 0.0684. The smallest absolute Gasteiger partial charge is 0.341 e. The van der Waals surface area contributed by atoms with Crippen molar-refractivity contribution in [2.75, 3.05) is 78.4 Å². The van der Waals surface area contributed by atoms with Crippen molar-refractivity contribution in [3.8, 4) is 11.5 Å². The minimum Gasteiger partial charge on any atom is -0.492 e. The fourth-order valence-electron chi connectivity index (χ4n) is 8.37. The molecule has 17 nitrogen and oxygen atoms in total. The maximum absolute atomic E-state index is 15.2. The van der Waals surface area contributed by atoms with Crippen LogP contribution in [0.5, 0.6) is 11.5 Å². The molecular weight excluding hydrogens is 778 g/mol. The molecule has 6 N–H and O–H groups in total. The van der Waals surface area contributed by atoms with Gasteiger partial charge in [-0.3, -0.25) is 9.59 Å². The number of rotatable bonds is 10. The van der Waals surface area contributed by atoms with Crippen molar-refractivity contribution in [2.45, 2.75) is 62.1 Å². The highest BCUT2D eigenvalue weighted by Crippen LogP contribution is 2.46. The van der Waals surface area contributed by atoms with Crippen LogP contribution in [-0.4, -0.2) is 150 Å². The first-order valence-corrected chi connectivity index (χ1v) is 19.0. The zero-order valence-corrected chi connectivity index (χ0v) is 33.6. The van der Waals surface area contributed by atoms with Gasteiger partial charge < -0.3 is 64.1 Å². The highest BCUT2D eigenvalue weighted by molar-refractivity contribution is 5.98. The summed E-state index contributed by atoms with van der Waals surface area (Å²) in [5.41, 5.74) is -1.10. The van der Waals surface area contributed by atoms with E-state index in [-0.39, 0.29) is 87.5 Å². The van der Waals surface area contributed by atoms with Gasteiger partial charge in [0.15, 0.2) is 23.1 Å². The van der Waals surface area contributed by atoms with E-state index in [0.29, 0.717) is 24.1 Å². The van der Waals surface area contributed by atoms with Crippen molar-refractivity contribution in [2.24, 2.45) is 0 Å². The molecule has 2 aromatic heterocycles. The van der Waals surface area contributed by atoms with Gasteiger partial charge in [0.1, 0.15) is 22.5 Å². The molecular formula is C40H50F2N6O11. The Hall–Kier alpha value is -5.34. The minimum absolute atomic E-state index is 0. The van der Waals surface area contributed by atoms with Gasteiger partial charge in [0.05, 0.1) is 60.3 Å². The van der Waals surface area contributed by atoms with Crippen molar-refractivity contribution in [1.82, 2.24) is 18.9 Å². The number of aromatic nitrogens is 2. The number of benzene rings is 2. The lowest BCUT2D eigenvalue weighted by Gasteiger charge is -2.25.